The van der Waals surface area contributed by atoms with Gasteiger partial charge in [0.2, 0.25) is 0 Å². The molecule has 76 valence electrons. The Labute approximate surface area is 86.1 Å². The van der Waals surface area contributed by atoms with E-state index in [0.717, 1.165) is 5.75 Å². The second-order valence-electron chi connectivity index (χ2n) is 4.10. The van der Waals surface area contributed by atoms with Crippen molar-refractivity contribution in [2.45, 2.75) is 39.0 Å². The van der Waals surface area contributed by atoms with Crippen LogP contribution in [0.15, 0.2) is 12.1 Å². The van der Waals surface area contributed by atoms with E-state index >= 15 is 0 Å². The number of fused-ring (bicyclic) bond motifs is 1. The summed E-state index contributed by atoms with van der Waals surface area (Å²) in [6.45, 7) is 2.21. The zero-order chi connectivity index (χ0) is 9.97. The van der Waals surface area contributed by atoms with E-state index in [2.05, 4.69) is 19.1 Å². The van der Waals surface area contributed by atoms with E-state index in [-0.39, 0.29) is 0 Å². The summed E-state index contributed by atoms with van der Waals surface area (Å²) >= 11 is 0. The van der Waals surface area contributed by atoms with E-state index in [1.165, 1.54) is 43.2 Å². The van der Waals surface area contributed by atoms with Crippen LogP contribution in [0.1, 0.15) is 36.0 Å². The average molecular weight is 190 g/mol. The molecule has 1 aromatic carbocycles. The molecule has 0 amide bonds. The Kier molecular flexibility index (Phi) is 2.76. The minimum atomic E-state index is 1.09. The molecule has 0 saturated carbocycles. The average Bonchev–Trinajstić information content (AvgIpc) is 2.44. The first-order valence-electron chi connectivity index (χ1n) is 5.48. The largest absolute Gasteiger partial charge is 0.496 e. The number of hydrogen-bond acceptors (Lipinski definition) is 1. The first kappa shape index (κ1) is 9.57. The Morgan fingerprint density at radius 3 is 2.43 bits per heavy atom. The fourth-order valence-electron chi connectivity index (χ4n) is 2.38. The maximum Gasteiger partial charge on any atom is 0.122 e. The third kappa shape index (κ3) is 1.63. The lowest BCUT2D eigenvalue weighted by molar-refractivity contribution is 0.409. The number of benzene rings is 1. The molecule has 2 rings (SSSR count). The van der Waals surface area contributed by atoms with Gasteiger partial charge in [-0.15, -0.1) is 0 Å². The molecule has 0 spiro atoms. The standard InChI is InChI=1S/C13H18O/c1-10-8-9-13(14-2)12-7-5-3-4-6-11(10)12/h8-9H,3-7H2,1-2H3. The van der Waals surface area contributed by atoms with Crippen molar-refractivity contribution in [3.05, 3.63) is 28.8 Å². The highest BCUT2D eigenvalue weighted by molar-refractivity contribution is 5.45. The van der Waals surface area contributed by atoms with Gasteiger partial charge in [-0.3, -0.25) is 0 Å². The highest BCUT2D eigenvalue weighted by Gasteiger charge is 2.14. The van der Waals surface area contributed by atoms with E-state index in [1.54, 1.807) is 12.7 Å². The molecule has 14 heavy (non-hydrogen) atoms. The van der Waals surface area contributed by atoms with Crippen LogP contribution in [0.25, 0.3) is 0 Å². The molecular weight excluding hydrogens is 172 g/mol. The molecule has 1 aromatic rings. The van der Waals surface area contributed by atoms with Crippen LogP contribution in [0, 0.1) is 6.92 Å². The minimum absolute atomic E-state index is 1.09. The Morgan fingerprint density at radius 1 is 1.00 bits per heavy atom. The zero-order valence-corrected chi connectivity index (χ0v) is 9.10. The van der Waals surface area contributed by atoms with Crippen molar-refractivity contribution >= 4 is 0 Å². The Morgan fingerprint density at radius 2 is 1.71 bits per heavy atom. The smallest absolute Gasteiger partial charge is 0.122 e. The van der Waals surface area contributed by atoms with Gasteiger partial charge in [-0.05, 0) is 55.4 Å². The van der Waals surface area contributed by atoms with E-state index in [1.807, 2.05) is 0 Å². The van der Waals surface area contributed by atoms with Gasteiger partial charge < -0.3 is 4.74 Å². The molecule has 0 aromatic heterocycles. The summed E-state index contributed by atoms with van der Waals surface area (Å²) in [6.07, 6.45) is 6.43. The van der Waals surface area contributed by atoms with Crippen LogP contribution in [-0.2, 0) is 12.8 Å². The fraction of sp³-hybridized carbons (Fsp3) is 0.538. The zero-order valence-electron chi connectivity index (χ0n) is 9.10. The summed E-state index contributed by atoms with van der Waals surface area (Å²) in [6, 6.07) is 4.29. The number of ether oxygens (including phenoxy) is 1. The SMILES string of the molecule is COc1ccc(C)c2c1CCCCC2. The van der Waals surface area contributed by atoms with E-state index in [4.69, 9.17) is 4.74 Å². The molecule has 0 fully saturated rings. The summed E-state index contributed by atoms with van der Waals surface area (Å²) in [7, 11) is 1.77. The van der Waals surface area contributed by atoms with Crippen molar-refractivity contribution in [1.29, 1.82) is 0 Å². The minimum Gasteiger partial charge on any atom is -0.496 e. The van der Waals surface area contributed by atoms with Gasteiger partial charge in [-0.25, -0.2) is 0 Å². The summed E-state index contributed by atoms with van der Waals surface area (Å²) < 4.78 is 5.42. The predicted octanol–water partition coefficient (Wildman–Crippen LogP) is 3.27. The Hall–Kier alpha value is -0.980. The molecule has 0 N–H and O–H groups in total. The second-order valence-corrected chi connectivity index (χ2v) is 4.10. The number of aryl methyl sites for hydroxylation is 1. The van der Waals surface area contributed by atoms with Gasteiger partial charge in [0.25, 0.3) is 0 Å². The molecule has 0 bridgehead atoms. The van der Waals surface area contributed by atoms with Crippen molar-refractivity contribution < 1.29 is 4.74 Å². The molecule has 0 unspecified atom stereocenters. The van der Waals surface area contributed by atoms with Crippen LogP contribution in [0.5, 0.6) is 5.75 Å². The van der Waals surface area contributed by atoms with E-state index < -0.39 is 0 Å². The van der Waals surface area contributed by atoms with Crippen LogP contribution < -0.4 is 4.74 Å². The van der Waals surface area contributed by atoms with Crippen molar-refractivity contribution in [3.8, 4) is 5.75 Å². The monoisotopic (exact) mass is 190 g/mol. The Balaban J connectivity index is 2.49. The van der Waals surface area contributed by atoms with Crippen molar-refractivity contribution in [2.24, 2.45) is 0 Å². The maximum absolute atomic E-state index is 5.42. The van der Waals surface area contributed by atoms with Crippen molar-refractivity contribution in [1.82, 2.24) is 0 Å². The highest BCUT2D eigenvalue weighted by atomic mass is 16.5. The molecule has 0 atom stereocenters. The predicted molar refractivity (Wildman–Crippen MR) is 59.0 cm³/mol. The lowest BCUT2D eigenvalue weighted by Crippen LogP contribution is -1.98. The number of methoxy groups -OCH3 is 1. The molecule has 1 aliphatic rings. The van der Waals surface area contributed by atoms with Gasteiger partial charge in [0.05, 0.1) is 7.11 Å². The fourth-order valence-corrected chi connectivity index (χ4v) is 2.38. The molecule has 0 heterocycles. The van der Waals surface area contributed by atoms with Gasteiger partial charge in [-0.2, -0.15) is 0 Å². The first-order chi connectivity index (χ1) is 6.83. The summed E-state index contributed by atoms with van der Waals surface area (Å²) in [5, 5.41) is 0. The third-order valence-corrected chi connectivity index (χ3v) is 3.20. The van der Waals surface area contributed by atoms with Crippen LogP contribution >= 0.6 is 0 Å². The lowest BCUT2D eigenvalue weighted by atomic mass is 9.97. The number of rotatable bonds is 1. The summed E-state index contributed by atoms with van der Waals surface area (Å²) in [4.78, 5) is 0. The van der Waals surface area contributed by atoms with Crippen molar-refractivity contribution in [3.63, 3.8) is 0 Å². The Bertz CT molecular complexity index is 328. The van der Waals surface area contributed by atoms with Crippen LogP contribution in [0.2, 0.25) is 0 Å². The molecular formula is C13H18O. The molecule has 1 nitrogen and oxygen atoms in total. The summed E-state index contributed by atoms with van der Waals surface area (Å²) in [5.74, 6) is 1.09. The normalized spacial score (nSPS) is 15.9. The van der Waals surface area contributed by atoms with Gasteiger partial charge in [0.15, 0.2) is 0 Å². The summed E-state index contributed by atoms with van der Waals surface area (Å²) in [5.41, 5.74) is 4.44. The van der Waals surface area contributed by atoms with Crippen LogP contribution in [-0.4, -0.2) is 7.11 Å². The van der Waals surface area contributed by atoms with Gasteiger partial charge in [0.1, 0.15) is 5.75 Å². The van der Waals surface area contributed by atoms with E-state index in [0.29, 0.717) is 0 Å². The topological polar surface area (TPSA) is 9.23 Å². The highest BCUT2D eigenvalue weighted by Crippen LogP contribution is 2.30. The first-order valence-corrected chi connectivity index (χ1v) is 5.48. The van der Waals surface area contributed by atoms with Crippen LogP contribution in [0.3, 0.4) is 0 Å². The molecule has 0 aliphatic heterocycles. The molecule has 0 saturated heterocycles. The number of hydrogen-bond donors (Lipinski definition) is 0. The lowest BCUT2D eigenvalue weighted by Gasteiger charge is -2.13. The molecule has 1 aliphatic carbocycles. The third-order valence-electron chi connectivity index (χ3n) is 3.20. The quantitative estimate of drug-likeness (QED) is 0.617. The van der Waals surface area contributed by atoms with Gasteiger partial charge in [-0.1, -0.05) is 12.5 Å². The van der Waals surface area contributed by atoms with Crippen LogP contribution in [0.4, 0.5) is 0 Å². The molecule has 0 radical (unpaired) electrons. The van der Waals surface area contributed by atoms with Gasteiger partial charge in [0, 0.05) is 0 Å². The molecule has 1 heteroatoms. The maximum atomic E-state index is 5.42. The van der Waals surface area contributed by atoms with Gasteiger partial charge >= 0.3 is 0 Å². The van der Waals surface area contributed by atoms with E-state index in [9.17, 15) is 0 Å². The van der Waals surface area contributed by atoms with Crippen molar-refractivity contribution in [2.75, 3.05) is 7.11 Å². The second kappa shape index (κ2) is 4.04.